The summed E-state index contributed by atoms with van der Waals surface area (Å²) in [7, 11) is 0. The van der Waals surface area contributed by atoms with Crippen molar-refractivity contribution in [1.82, 2.24) is 0 Å². The first kappa shape index (κ1) is 20.3. The number of phenolic OH excluding ortho intramolecular Hbond substituents is 1. The summed E-state index contributed by atoms with van der Waals surface area (Å²) < 4.78 is 0. The van der Waals surface area contributed by atoms with E-state index in [1.807, 2.05) is 0 Å². The van der Waals surface area contributed by atoms with Crippen molar-refractivity contribution in [3.05, 3.63) is 28.8 Å². The van der Waals surface area contributed by atoms with E-state index in [1.54, 1.807) is 0 Å². The average Bonchev–Trinajstić information content (AvgIpc) is 2.89. The number of nitrogens with two attached hydrogens (primary N) is 1. The van der Waals surface area contributed by atoms with Crippen molar-refractivity contribution < 1.29 is 5.11 Å². The van der Waals surface area contributed by atoms with Gasteiger partial charge in [-0.15, -0.1) is 12.4 Å². The molecule has 3 heteroatoms. The molecule has 0 amide bonds. The van der Waals surface area contributed by atoms with Crippen LogP contribution in [0.4, 0.5) is 0 Å². The summed E-state index contributed by atoms with van der Waals surface area (Å²) >= 11 is 0. The highest BCUT2D eigenvalue weighted by molar-refractivity contribution is 5.85. The molecule has 2 rings (SSSR count). The Morgan fingerprint density at radius 2 is 1.35 bits per heavy atom. The SMILES string of the molecule is CC(C)(C)c1cc([C@@H](N)C2CCCC2)cc(C(C)(C)C)c1O.Cl. The maximum absolute atomic E-state index is 10.8. The maximum atomic E-state index is 10.8. The second kappa shape index (κ2) is 7.03. The van der Waals surface area contributed by atoms with Gasteiger partial charge in [-0.3, -0.25) is 0 Å². The fraction of sp³-hybridized carbons (Fsp3) is 0.700. The average molecular weight is 340 g/mol. The molecule has 1 saturated carbocycles. The zero-order chi connectivity index (χ0) is 16.7. The minimum atomic E-state index is -0.0878. The summed E-state index contributed by atoms with van der Waals surface area (Å²) in [6, 6.07) is 4.38. The maximum Gasteiger partial charge on any atom is 0.123 e. The van der Waals surface area contributed by atoms with Crippen LogP contribution in [-0.4, -0.2) is 5.11 Å². The van der Waals surface area contributed by atoms with E-state index in [0.29, 0.717) is 11.7 Å². The summed E-state index contributed by atoms with van der Waals surface area (Å²) in [6.45, 7) is 12.9. The highest BCUT2D eigenvalue weighted by Gasteiger charge is 2.30. The van der Waals surface area contributed by atoms with E-state index >= 15 is 0 Å². The Hall–Kier alpha value is -0.730. The first-order valence-corrected chi connectivity index (χ1v) is 8.65. The van der Waals surface area contributed by atoms with Gasteiger partial charge in [0.05, 0.1) is 0 Å². The molecule has 0 unspecified atom stereocenters. The van der Waals surface area contributed by atoms with Crippen LogP contribution >= 0.6 is 12.4 Å². The Morgan fingerprint density at radius 3 is 1.70 bits per heavy atom. The Kier molecular flexibility index (Phi) is 6.21. The molecule has 0 aliphatic heterocycles. The molecule has 1 aliphatic rings. The molecule has 1 aliphatic carbocycles. The van der Waals surface area contributed by atoms with Crippen molar-refractivity contribution >= 4 is 12.4 Å². The molecule has 2 nitrogen and oxygen atoms in total. The summed E-state index contributed by atoms with van der Waals surface area (Å²) in [5, 5.41) is 10.8. The molecule has 0 spiro atoms. The molecule has 1 fully saturated rings. The molecule has 0 bridgehead atoms. The van der Waals surface area contributed by atoms with Crippen molar-refractivity contribution in [2.75, 3.05) is 0 Å². The minimum Gasteiger partial charge on any atom is -0.507 e. The van der Waals surface area contributed by atoms with Gasteiger partial charge in [0.1, 0.15) is 5.75 Å². The standard InChI is InChI=1S/C20H33NO.ClH/c1-19(2,3)15-11-14(17(21)13-9-7-8-10-13)12-16(18(15)22)20(4,5)6;/h11-13,17,22H,7-10,21H2,1-6H3;1H/t17-;/m0./s1. The Balaban J connectivity index is 0.00000264. The lowest BCUT2D eigenvalue weighted by Crippen LogP contribution is -2.23. The summed E-state index contributed by atoms with van der Waals surface area (Å²) in [6.07, 6.45) is 5.07. The zero-order valence-electron chi connectivity index (χ0n) is 15.6. The molecule has 132 valence electrons. The van der Waals surface area contributed by atoms with Crippen LogP contribution < -0.4 is 5.73 Å². The number of hydrogen-bond acceptors (Lipinski definition) is 2. The molecule has 0 heterocycles. The van der Waals surface area contributed by atoms with E-state index < -0.39 is 0 Å². The van der Waals surface area contributed by atoms with Crippen LogP contribution in [0, 0.1) is 5.92 Å². The molecule has 1 atom stereocenters. The number of aromatic hydroxyl groups is 1. The predicted octanol–water partition coefficient (Wildman–Crippen LogP) is 5.60. The van der Waals surface area contributed by atoms with E-state index in [1.165, 1.54) is 31.2 Å². The van der Waals surface area contributed by atoms with Gasteiger partial charge in [-0.05, 0) is 58.4 Å². The topological polar surface area (TPSA) is 46.2 Å². The van der Waals surface area contributed by atoms with Gasteiger partial charge in [0.2, 0.25) is 0 Å². The number of halogens is 1. The lowest BCUT2D eigenvalue weighted by Gasteiger charge is -2.30. The summed E-state index contributed by atoms with van der Waals surface area (Å²) in [5.41, 5.74) is 9.65. The molecule has 3 N–H and O–H groups in total. The third kappa shape index (κ3) is 4.42. The van der Waals surface area contributed by atoms with Gasteiger partial charge >= 0.3 is 0 Å². The lowest BCUT2D eigenvalue weighted by molar-refractivity contribution is 0.415. The second-order valence-electron chi connectivity index (χ2n) is 9.03. The fourth-order valence-electron chi connectivity index (χ4n) is 3.58. The van der Waals surface area contributed by atoms with Crippen molar-refractivity contribution in [3.8, 4) is 5.75 Å². The van der Waals surface area contributed by atoms with Crippen molar-refractivity contribution in [3.63, 3.8) is 0 Å². The molecule has 0 aromatic heterocycles. The zero-order valence-corrected chi connectivity index (χ0v) is 16.4. The number of phenols is 1. The highest BCUT2D eigenvalue weighted by Crippen LogP contribution is 2.43. The van der Waals surface area contributed by atoms with Gasteiger partial charge in [-0.2, -0.15) is 0 Å². The van der Waals surface area contributed by atoms with Crippen LogP contribution in [-0.2, 0) is 10.8 Å². The van der Waals surface area contributed by atoms with E-state index in [0.717, 1.165) is 11.1 Å². The fourth-order valence-corrected chi connectivity index (χ4v) is 3.58. The monoisotopic (exact) mass is 339 g/mol. The van der Waals surface area contributed by atoms with Crippen LogP contribution in [0.5, 0.6) is 5.75 Å². The van der Waals surface area contributed by atoms with Crippen LogP contribution in [0.2, 0.25) is 0 Å². The first-order chi connectivity index (χ1) is 10.0. The van der Waals surface area contributed by atoms with Gasteiger partial charge in [-0.1, -0.05) is 54.4 Å². The van der Waals surface area contributed by atoms with Crippen LogP contribution in [0.25, 0.3) is 0 Å². The molecule has 23 heavy (non-hydrogen) atoms. The third-order valence-corrected chi connectivity index (χ3v) is 5.04. The molecular formula is C20H34ClNO. The normalized spacial score (nSPS) is 17.9. The second-order valence-corrected chi connectivity index (χ2v) is 9.03. The van der Waals surface area contributed by atoms with Gasteiger partial charge in [-0.25, -0.2) is 0 Å². The van der Waals surface area contributed by atoms with Gasteiger partial charge < -0.3 is 10.8 Å². The van der Waals surface area contributed by atoms with E-state index in [2.05, 4.69) is 53.7 Å². The number of rotatable bonds is 2. The van der Waals surface area contributed by atoms with E-state index in [-0.39, 0.29) is 29.3 Å². The van der Waals surface area contributed by atoms with Crippen molar-refractivity contribution in [2.24, 2.45) is 11.7 Å². The van der Waals surface area contributed by atoms with Crippen LogP contribution in [0.15, 0.2) is 12.1 Å². The van der Waals surface area contributed by atoms with Gasteiger partial charge in [0, 0.05) is 6.04 Å². The summed E-state index contributed by atoms with van der Waals surface area (Å²) in [5.74, 6) is 1.03. The quantitative estimate of drug-likeness (QED) is 0.736. The van der Waals surface area contributed by atoms with Crippen molar-refractivity contribution in [2.45, 2.75) is 84.1 Å². The smallest absolute Gasteiger partial charge is 0.123 e. The molecular weight excluding hydrogens is 306 g/mol. The first-order valence-electron chi connectivity index (χ1n) is 8.65. The molecule has 1 aromatic rings. The van der Waals surface area contributed by atoms with Gasteiger partial charge in [0.15, 0.2) is 0 Å². The third-order valence-electron chi connectivity index (χ3n) is 5.04. The number of benzene rings is 1. The Labute approximate surface area is 148 Å². The minimum absolute atomic E-state index is 0. The largest absolute Gasteiger partial charge is 0.507 e. The van der Waals surface area contributed by atoms with Crippen LogP contribution in [0.1, 0.15) is 90.0 Å². The molecule has 0 saturated heterocycles. The van der Waals surface area contributed by atoms with Gasteiger partial charge in [0.25, 0.3) is 0 Å². The van der Waals surface area contributed by atoms with Crippen LogP contribution in [0.3, 0.4) is 0 Å². The van der Waals surface area contributed by atoms with E-state index in [4.69, 9.17) is 5.73 Å². The number of hydrogen-bond donors (Lipinski definition) is 2. The van der Waals surface area contributed by atoms with Crippen molar-refractivity contribution in [1.29, 1.82) is 0 Å². The lowest BCUT2D eigenvalue weighted by atomic mass is 9.77. The highest BCUT2D eigenvalue weighted by atomic mass is 35.5. The predicted molar refractivity (Wildman–Crippen MR) is 102 cm³/mol. The Bertz CT molecular complexity index is 499. The molecule has 0 radical (unpaired) electrons. The van der Waals surface area contributed by atoms with E-state index in [9.17, 15) is 5.11 Å². The summed E-state index contributed by atoms with van der Waals surface area (Å²) in [4.78, 5) is 0. The Morgan fingerprint density at radius 1 is 0.957 bits per heavy atom. The molecule has 1 aromatic carbocycles.